The first-order chi connectivity index (χ1) is 19.6. The van der Waals surface area contributed by atoms with Gasteiger partial charge in [0.25, 0.3) is 0 Å². The van der Waals surface area contributed by atoms with Gasteiger partial charge in [0.15, 0.2) is 0 Å². The van der Waals surface area contributed by atoms with Gasteiger partial charge >= 0.3 is 6.18 Å². The largest absolute Gasteiger partial charge is 0.416 e. The van der Waals surface area contributed by atoms with Crippen molar-refractivity contribution in [2.24, 2.45) is 11.7 Å². The molecule has 0 unspecified atom stereocenters. The number of aryl methyl sites for hydroxylation is 1. The fraction of sp³-hybridized carbons (Fsp3) is 0.419. The summed E-state index contributed by atoms with van der Waals surface area (Å²) in [6.45, 7) is 2.74. The van der Waals surface area contributed by atoms with Gasteiger partial charge in [-0.3, -0.25) is 0 Å². The zero-order valence-electron chi connectivity index (χ0n) is 23.0. The van der Waals surface area contributed by atoms with Crippen molar-refractivity contribution in [2.75, 3.05) is 25.0 Å². The lowest BCUT2D eigenvalue weighted by Gasteiger charge is -2.46. The van der Waals surface area contributed by atoms with Gasteiger partial charge < -0.3 is 15.8 Å². The number of halogens is 3. The molecule has 3 aromatic carbocycles. The second kappa shape index (κ2) is 12.1. The standard InChI is InChI=1S/C31H36F3N3O3S/c1-21-9-13-25(14-10-21)41(38,39)37(18-6-5-17-35)20-24-12-15-26-29(22-7-3-2-4-8-22)36-28-16-11-23(31(32,33)34)19-27(28)30(26)40-24/h2-4,7-11,13-14,16,19,24,26,29-30,36H,5-6,12,15,17-18,20,35H2,1H3/t24-,26+,29+,30+/m1/s1. The Morgan fingerprint density at radius 3 is 2.41 bits per heavy atom. The predicted molar refractivity (Wildman–Crippen MR) is 153 cm³/mol. The van der Waals surface area contributed by atoms with E-state index >= 15 is 0 Å². The van der Waals surface area contributed by atoms with Gasteiger partial charge in [0.2, 0.25) is 10.0 Å². The highest BCUT2D eigenvalue weighted by atomic mass is 32.2. The molecule has 3 aromatic rings. The molecule has 0 spiro atoms. The molecule has 6 nitrogen and oxygen atoms in total. The Labute approximate surface area is 239 Å². The normalized spacial score (nSPS) is 22.6. The molecule has 4 atom stereocenters. The van der Waals surface area contributed by atoms with Crippen LogP contribution in [0.25, 0.3) is 0 Å². The molecule has 41 heavy (non-hydrogen) atoms. The molecule has 10 heteroatoms. The fourth-order valence-electron chi connectivity index (χ4n) is 5.89. The number of rotatable bonds is 9. The van der Waals surface area contributed by atoms with Crippen LogP contribution >= 0.6 is 0 Å². The van der Waals surface area contributed by atoms with Crippen LogP contribution in [-0.4, -0.2) is 38.5 Å². The molecular weight excluding hydrogens is 551 g/mol. The maximum atomic E-state index is 13.7. The minimum Gasteiger partial charge on any atom is -0.378 e. The summed E-state index contributed by atoms with van der Waals surface area (Å²) in [6.07, 6.45) is -3.07. The van der Waals surface area contributed by atoms with Crippen molar-refractivity contribution < 1.29 is 26.3 Å². The van der Waals surface area contributed by atoms with E-state index in [0.29, 0.717) is 43.5 Å². The minimum absolute atomic E-state index is 0.113. The quantitative estimate of drug-likeness (QED) is 0.281. The third kappa shape index (κ3) is 6.45. The third-order valence-corrected chi connectivity index (χ3v) is 9.94. The molecule has 0 aliphatic carbocycles. The Morgan fingerprint density at radius 2 is 1.73 bits per heavy atom. The SMILES string of the molecule is Cc1ccc(S(=O)(=O)N(CCCCN)C[C@H]2CC[C@@H]3[C@H](O2)c2cc(C(F)(F)F)ccc2N[C@H]3c2ccccc2)cc1. The smallest absolute Gasteiger partial charge is 0.378 e. The maximum Gasteiger partial charge on any atom is 0.416 e. The molecule has 0 amide bonds. The number of sulfonamides is 1. The molecule has 5 rings (SSSR count). The number of hydrogen-bond acceptors (Lipinski definition) is 5. The first-order valence-corrected chi connectivity index (χ1v) is 15.5. The van der Waals surface area contributed by atoms with Gasteiger partial charge in [-0.2, -0.15) is 17.5 Å². The van der Waals surface area contributed by atoms with E-state index in [1.54, 1.807) is 24.3 Å². The Balaban J connectivity index is 1.45. The summed E-state index contributed by atoms with van der Waals surface area (Å²) in [5.41, 5.74) is 7.99. The highest BCUT2D eigenvalue weighted by Gasteiger charge is 2.44. The molecular formula is C31H36F3N3O3S. The number of hydrogen-bond donors (Lipinski definition) is 2. The van der Waals surface area contributed by atoms with E-state index in [1.165, 1.54) is 16.4 Å². The fourth-order valence-corrected chi connectivity index (χ4v) is 7.40. The Hall–Kier alpha value is -2.92. The Morgan fingerprint density at radius 1 is 1.00 bits per heavy atom. The Bertz CT molecular complexity index is 1430. The lowest BCUT2D eigenvalue weighted by Crippen LogP contribution is -2.45. The van der Waals surface area contributed by atoms with E-state index in [-0.39, 0.29) is 29.9 Å². The van der Waals surface area contributed by atoms with Crippen molar-refractivity contribution in [3.8, 4) is 0 Å². The van der Waals surface area contributed by atoms with Crippen LogP contribution in [0.1, 0.15) is 60.1 Å². The predicted octanol–water partition coefficient (Wildman–Crippen LogP) is 6.45. The zero-order valence-corrected chi connectivity index (χ0v) is 23.8. The monoisotopic (exact) mass is 587 g/mol. The molecule has 2 aliphatic rings. The number of nitrogens with zero attached hydrogens (tertiary/aromatic N) is 1. The summed E-state index contributed by atoms with van der Waals surface area (Å²) in [7, 11) is -3.82. The van der Waals surface area contributed by atoms with Gasteiger partial charge in [0.1, 0.15) is 0 Å². The van der Waals surface area contributed by atoms with Crippen LogP contribution in [0.15, 0.2) is 77.7 Å². The molecule has 1 fully saturated rings. The van der Waals surface area contributed by atoms with Crippen LogP contribution in [0.3, 0.4) is 0 Å². The van der Waals surface area contributed by atoms with E-state index in [1.807, 2.05) is 37.3 Å². The van der Waals surface area contributed by atoms with Gasteiger partial charge in [0, 0.05) is 30.3 Å². The summed E-state index contributed by atoms with van der Waals surface area (Å²) < 4.78 is 76.5. The van der Waals surface area contributed by atoms with Gasteiger partial charge in [-0.15, -0.1) is 0 Å². The highest BCUT2D eigenvalue weighted by molar-refractivity contribution is 7.89. The summed E-state index contributed by atoms with van der Waals surface area (Å²) in [5, 5.41) is 3.47. The molecule has 220 valence electrons. The first kappa shape index (κ1) is 29.6. The molecule has 2 heterocycles. The van der Waals surface area contributed by atoms with Crippen LogP contribution < -0.4 is 11.1 Å². The molecule has 0 radical (unpaired) electrons. The second-order valence-corrected chi connectivity index (χ2v) is 12.9. The average molecular weight is 588 g/mol. The molecule has 0 aromatic heterocycles. The summed E-state index contributed by atoms with van der Waals surface area (Å²) >= 11 is 0. The number of fused-ring (bicyclic) bond motifs is 3. The van der Waals surface area contributed by atoms with Crippen LogP contribution in [-0.2, 0) is 20.9 Å². The van der Waals surface area contributed by atoms with E-state index in [0.717, 1.165) is 17.2 Å². The number of ether oxygens (including phenoxy) is 1. The van der Waals surface area contributed by atoms with Crippen molar-refractivity contribution in [1.29, 1.82) is 0 Å². The number of alkyl halides is 3. The van der Waals surface area contributed by atoms with E-state index in [4.69, 9.17) is 10.5 Å². The Kier molecular flexibility index (Phi) is 8.75. The molecule has 0 bridgehead atoms. The number of unbranched alkanes of at least 4 members (excludes halogenated alkanes) is 1. The second-order valence-electron chi connectivity index (χ2n) is 10.9. The van der Waals surface area contributed by atoms with Crippen LogP contribution in [0.2, 0.25) is 0 Å². The van der Waals surface area contributed by atoms with Crippen molar-refractivity contribution in [2.45, 2.75) is 61.9 Å². The average Bonchev–Trinajstić information content (AvgIpc) is 2.96. The van der Waals surface area contributed by atoms with Crippen LogP contribution in [0, 0.1) is 12.8 Å². The molecule has 2 aliphatic heterocycles. The van der Waals surface area contributed by atoms with Gasteiger partial charge in [-0.1, -0.05) is 48.0 Å². The summed E-state index contributed by atoms with van der Waals surface area (Å²) in [4.78, 5) is 0.204. The van der Waals surface area contributed by atoms with Crippen molar-refractivity contribution >= 4 is 15.7 Å². The number of anilines is 1. The van der Waals surface area contributed by atoms with E-state index in [9.17, 15) is 21.6 Å². The number of nitrogens with two attached hydrogens (primary N) is 1. The van der Waals surface area contributed by atoms with Gasteiger partial charge in [-0.25, -0.2) is 8.42 Å². The number of benzene rings is 3. The zero-order chi connectivity index (χ0) is 29.2. The maximum absolute atomic E-state index is 13.7. The summed E-state index contributed by atoms with van der Waals surface area (Å²) in [5.74, 6) is -0.121. The first-order valence-electron chi connectivity index (χ1n) is 14.0. The number of nitrogens with one attached hydrogen (secondary N) is 1. The van der Waals surface area contributed by atoms with Crippen molar-refractivity contribution in [3.63, 3.8) is 0 Å². The van der Waals surface area contributed by atoms with Crippen LogP contribution in [0.4, 0.5) is 18.9 Å². The summed E-state index contributed by atoms with van der Waals surface area (Å²) in [6, 6.07) is 20.1. The van der Waals surface area contributed by atoms with Crippen LogP contribution in [0.5, 0.6) is 0 Å². The third-order valence-electron chi connectivity index (χ3n) is 8.06. The molecule has 0 saturated carbocycles. The highest BCUT2D eigenvalue weighted by Crippen LogP contribution is 2.51. The lowest BCUT2D eigenvalue weighted by atomic mass is 9.76. The molecule has 1 saturated heterocycles. The van der Waals surface area contributed by atoms with E-state index in [2.05, 4.69) is 5.32 Å². The minimum atomic E-state index is -4.49. The lowest BCUT2D eigenvalue weighted by molar-refractivity contribution is -0.138. The van der Waals surface area contributed by atoms with E-state index < -0.39 is 34.0 Å². The van der Waals surface area contributed by atoms with Gasteiger partial charge in [0.05, 0.1) is 28.7 Å². The molecule has 3 N–H and O–H groups in total. The van der Waals surface area contributed by atoms with Crippen molar-refractivity contribution in [3.05, 3.63) is 95.1 Å². The topological polar surface area (TPSA) is 84.7 Å². The van der Waals surface area contributed by atoms with Crippen molar-refractivity contribution in [1.82, 2.24) is 4.31 Å². The van der Waals surface area contributed by atoms with Gasteiger partial charge in [-0.05, 0) is 75.0 Å².